The van der Waals surface area contributed by atoms with E-state index in [0.717, 1.165) is 12.6 Å². The van der Waals surface area contributed by atoms with Gasteiger partial charge in [0, 0.05) is 28.9 Å². The van der Waals surface area contributed by atoms with Gasteiger partial charge in [-0.25, -0.2) is 19.9 Å². The van der Waals surface area contributed by atoms with Crippen molar-refractivity contribution in [2.75, 3.05) is 0 Å². The molecule has 2 heterocycles. The van der Waals surface area contributed by atoms with Crippen molar-refractivity contribution in [1.82, 2.24) is 25.3 Å². The van der Waals surface area contributed by atoms with E-state index in [2.05, 4.69) is 25.3 Å². The molecule has 0 aliphatic heterocycles. The van der Waals surface area contributed by atoms with Crippen LogP contribution in [0.15, 0.2) is 18.5 Å². The van der Waals surface area contributed by atoms with E-state index in [9.17, 15) is 22.8 Å². The zero-order chi connectivity index (χ0) is 23.6. The summed E-state index contributed by atoms with van der Waals surface area (Å²) < 4.78 is 42.0. The maximum atomic E-state index is 14.0. The quantitative estimate of drug-likeness (QED) is 0.723. The molecule has 2 aromatic heterocycles. The number of alkyl halides is 3. The Bertz CT molecular complexity index is 1140. The van der Waals surface area contributed by atoms with Crippen LogP contribution in [-0.4, -0.2) is 37.3 Å². The highest BCUT2D eigenvalue weighted by atomic mass is 19.4. The van der Waals surface area contributed by atoms with Crippen LogP contribution in [0.5, 0.6) is 0 Å². The van der Waals surface area contributed by atoms with Crippen LogP contribution in [-0.2, 0) is 11.6 Å². The molecule has 11 heteroatoms. The lowest BCUT2D eigenvalue weighted by atomic mass is 9.45. The third-order valence-electron chi connectivity index (χ3n) is 7.30. The first-order chi connectivity index (χ1) is 15.5. The molecular formula is C22H23F3N6O2. The zero-order valence-corrected chi connectivity index (χ0v) is 17.9. The van der Waals surface area contributed by atoms with Gasteiger partial charge in [-0.1, -0.05) is 0 Å². The second-order valence-corrected chi connectivity index (χ2v) is 9.78. The SMILES string of the molecule is Cc1nccc(C(=O)NC23CC4CC(C2)CC(c2cnc(C(N)=O)nc2C(F)(F)F)(C4)C3)n1. The van der Waals surface area contributed by atoms with E-state index in [1.165, 1.54) is 12.3 Å². The number of halogens is 3. The number of carbonyl (C=O) groups is 2. The van der Waals surface area contributed by atoms with Gasteiger partial charge < -0.3 is 11.1 Å². The summed E-state index contributed by atoms with van der Waals surface area (Å²) in [5.74, 6) is -1.30. The summed E-state index contributed by atoms with van der Waals surface area (Å²) >= 11 is 0. The molecule has 4 bridgehead atoms. The Balaban J connectivity index is 1.54. The Labute approximate surface area is 187 Å². The fraction of sp³-hybridized carbons (Fsp3) is 0.545. The molecule has 33 heavy (non-hydrogen) atoms. The summed E-state index contributed by atoms with van der Waals surface area (Å²) in [6.45, 7) is 1.69. The van der Waals surface area contributed by atoms with Crippen LogP contribution in [0.25, 0.3) is 0 Å². The molecule has 4 saturated carbocycles. The number of nitrogens with zero attached hydrogens (tertiary/aromatic N) is 4. The number of primary amides is 1. The molecule has 174 valence electrons. The molecular weight excluding hydrogens is 437 g/mol. The van der Waals surface area contributed by atoms with Gasteiger partial charge >= 0.3 is 6.18 Å². The Kier molecular flexibility index (Phi) is 4.74. The van der Waals surface area contributed by atoms with Gasteiger partial charge in [-0.15, -0.1) is 0 Å². The second-order valence-electron chi connectivity index (χ2n) is 9.78. The largest absolute Gasteiger partial charge is 0.433 e. The van der Waals surface area contributed by atoms with Crippen molar-refractivity contribution in [2.45, 2.75) is 62.6 Å². The van der Waals surface area contributed by atoms with E-state index < -0.39 is 34.6 Å². The normalized spacial score (nSPS) is 30.3. The summed E-state index contributed by atoms with van der Waals surface area (Å²) in [6, 6.07) is 1.52. The van der Waals surface area contributed by atoms with Crippen molar-refractivity contribution in [3.05, 3.63) is 47.1 Å². The molecule has 0 aromatic carbocycles. The Hall–Kier alpha value is -3.11. The first-order valence-electron chi connectivity index (χ1n) is 10.9. The van der Waals surface area contributed by atoms with E-state index in [-0.39, 0.29) is 29.0 Å². The van der Waals surface area contributed by atoms with Crippen LogP contribution in [0.1, 0.15) is 76.7 Å². The minimum absolute atomic E-state index is 0.00870. The van der Waals surface area contributed by atoms with E-state index in [0.29, 0.717) is 37.9 Å². The first-order valence-corrected chi connectivity index (χ1v) is 10.9. The van der Waals surface area contributed by atoms with Gasteiger partial charge in [0.2, 0.25) is 5.82 Å². The smallest absolute Gasteiger partial charge is 0.363 e. The predicted octanol–water partition coefficient (Wildman–Crippen LogP) is 2.71. The fourth-order valence-corrected chi connectivity index (χ4v) is 6.72. The number of aromatic nitrogens is 4. The lowest BCUT2D eigenvalue weighted by Gasteiger charge is -2.62. The summed E-state index contributed by atoms with van der Waals surface area (Å²) in [6.07, 6.45) is 1.69. The minimum atomic E-state index is -4.76. The van der Waals surface area contributed by atoms with Crippen LogP contribution in [0, 0.1) is 18.8 Å². The van der Waals surface area contributed by atoms with Crippen molar-refractivity contribution in [3.63, 3.8) is 0 Å². The standard InChI is InChI=1S/C22H23F3N6O2/c1-11-27-3-2-15(29-11)19(33)31-21-7-12-4-13(8-21)6-20(5-12,10-21)14-9-28-18(17(26)32)30-16(14)22(23,24)25/h2-3,9,12-13H,4-8,10H2,1H3,(H2,26,32)(H,31,33). The molecule has 2 aromatic rings. The predicted molar refractivity (Wildman–Crippen MR) is 109 cm³/mol. The minimum Gasteiger partial charge on any atom is -0.363 e. The lowest BCUT2D eigenvalue weighted by Crippen LogP contribution is -2.64. The third-order valence-corrected chi connectivity index (χ3v) is 7.30. The van der Waals surface area contributed by atoms with E-state index in [4.69, 9.17) is 5.73 Å². The third kappa shape index (κ3) is 3.72. The summed E-state index contributed by atoms with van der Waals surface area (Å²) in [7, 11) is 0. The maximum absolute atomic E-state index is 14.0. The molecule has 2 unspecified atom stereocenters. The topological polar surface area (TPSA) is 124 Å². The van der Waals surface area contributed by atoms with Gasteiger partial charge in [0.15, 0.2) is 5.69 Å². The molecule has 6 rings (SSSR count). The van der Waals surface area contributed by atoms with E-state index in [1.807, 2.05) is 0 Å². The average molecular weight is 460 g/mol. The van der Waals surface area contributed by atoms with Crippen molar-refractivity contribution >= 4 is 11.8 Å². The summed E-state index contributed by atoms with van der Waals surface area (Å²) in [5, 5.41) is 3.13. The molecule has 0 spiro atoms. The molecule has 0 saturated heterocycles. The molecule has 2 atom stereocenters. The van der Waals surface area contributed by atoms with Gasteiger partial charge in [0.25, 0.3) is 11.8 Å². The van der Waals surface area contributed by atoms with Crippen molar-refractivity contribution in [2.24, 2.45) is 17.6 Å². The number of rotatable bonds is 4. The number of nitrogens with two attached hydrogens (primary N) is 1. The van der Waals surface area contributed by atoms with Crippen LogP contribution in [0.2, 0.25) is 0 Å². The van der Waals surface area contributed by atoms with Gasteiger partial charge in [0.05, 0.1) is 0 Å². The molecule has 4 aliphatic rings. The number of aryl methyl sites for hydroxylation is 1. The van der Waals surface area contributed by atoms with Gasteiger partial charge in [-0.2, -0.15) is 13.2 Å². The first kappa shape index (κ1) is 21.7. The van der Waals surface area contributed by atoms with Crippen molar-refractivity contribution in [3.8, 4) is 0 Å². The Morgan fingerprint density at radius 2 is 1.82 bits per heavy atom. The highest BCUT2D eigenvalue weighted by Crippen LogP contribution is 2.63. The fourth-order valence-electron chi connectivity index (χ4n) is 6.72. The van der Waals surface area contributed by atoms with Crippen LogP contribution in [0.4, 0.5) is 13.2 Å². The zero-order valence-electron chi connectivity index (χ0n) is 17.9. The molecule has 2 amide bonds. The van der Waals surface area contributed by atoms with Crippen molar-refractivity contribution < 1.29 is 22.8 Å². The Morgan fingerprint density at radius 1 is 1.12 bits per heavy atom. The molecule has 3 N–H and O–H groups in total. The van der Waals surface area contributed by atoms with Crippen molar-refractivity contribution in [1.29, 1.82) is 0 Å². The number of amides is 2. The number of hydrogen-bond donors (Lipinski definition) is 2. The van der Waals surface area contributed by atoms with Gasteiger partial charge in [-0.3, -0.25) is 9.59 Å². The van der Waals surface area contributed by atoms with Crippen LogP contribution in [0.3, 0.4) is 0 Å². The summed E-state index contributed by atoms with van der Waals surface area (Å²) in [4.78, 5) is 40.0. The number of carbonyl (C=O) groups excluding carboxylic acids is 2. The molecule has 4 fully saturated rings. The Morgan fingerprint density at radius 3 is 2.42 bits per heavy atom. The summed E-state index contributed by atoms with van der Waals surface area (Å²) in [5.41, 5.74) is 2.78. The maximum Gasteiger partial charge on any atom is 0.433 e. The lowest BCUT2D eigenvalue weighted by molar-refractivity contribution is -0.144. The molecule has 0 radical (unpaired) electrons. The highest BCUT2D eigenvalue weighted by molar-refractivity contribution is 5.92. The highest BCUT2D eigenvalue weighted by Gasteiger charge is 2.60. The van der Waals surface area contributed by atoms with E-state index >= 15 is 0 Å². The molecule has 8 nitrogen and oxygen atoms in total. The number of nitrogens with one attached hydrogen (secondary N) is 1. The van der Waals surface area contributed by atoms with Crippen LogP contribution >= 0.6 is 0 Å². The van der Waals surface area contributed by atoms with Gasteiger partial charge in [-0.05, 0) is 63.4 Å². The second kappa shape index (κ2) is 7.19. The van der Waals surface area contributed by atoms with Crippen LogP contribution < -0.4 is 11.1 Å². The van der Waals surface area contributed by atoms with Gasteiger partial charge in [0.1, 0.15) is 11.5 Å². The number of hydrogen-bond acceptors (Lipinski definition) is 6. The average Bonchev–Trinajstić information content (AvgIpc) is 2.71. The molecule has 4 aliphatic carbocycles. The monoisotopic (exact) mass is 460 g/mol. The van der Waals surface area contributed by atoms with E-state index in [1.54, 1.807) is 6.92 Å².